The van der Waals surface area contributed by atoms with Crippen LogP contribution in [0.1, 0.15) is 130 Å². The molecule has 0 aliphatic heterocycles. The van der Waals surface area contributed by atoms with Gasteiger partial charge in [0.05, 0.1) is 22.4 Å². The molecule has 12 aromatic rings. The van der Waals surface area contributed by atoms with E-state index < -0.39 is 0 Å². The van der Waals surface area contributed by atoms with Gasteiger partial charge in [0, 0.05) is 53.6 Å². The molecule has 77 heavy (non-hydrogen) atoms. The fourth-order valence-electron chi connectivity index (χ4n) is 10.7. The predicted molar refractivity (Wildman–Crippen MR) is 318 cm³/mol. The van der Waals surface area contributed by atoms with Crippen LogP contribution < -0.4 is 0 Å². The van der Waals surface area contributed by atoms with Gasteiger partial charge in [-0.25, -0.2) is 4.98 Å². The van der Waals surface area contributed by atoms with E-state index in [2.05, 4.69) is 221 Å². The molecule has 1 radical (unpaired) electrons. The Morgan fingerprint density at radius 3 is 1.96 bits per heavy atom. The molecule has 0 N–H and O–H groups in total. The average molecular weight is 1190 g/mol. The first kappa shape index (κ1) is 53.2. The molecular formula is C70H68IrN4O2-2. The van der Waals surface area contributed by atoms with E-state index in [1.807, 2.05) is 42.6 Å². The van der Waals surface area contributed by atoms with Crippen molar-refractivity contribution >= 4 is 65.6 Å². The number of hydrogen-bond donors (Lipinski definition) is 0. The summed E-state index contributed by atoms with van der Waals surface area (Å²) in [6, 6.07) is 58.7. The van der Waals surface area contributed by atoms with Crippen LogP contribution in [0.3, 0.4) is 0 Å². The standard InChI is InChI=1S/C55H52N3O2.C15H16N.Ir/c1-31(2)40-27-37(34-15-12-11-13-16-34)28-41(32(3)4)49(40)58-50-43-25-33(30-54(5,6)7)19-20-35(43)21-23-45(50)56-52(58)39-18-14-17-38-44-26-36-22-24-46-48(57-53(60-46)55(8,9)10)42(36)29-47(44)59-51(38)39;1-15(2,3)13-9-10-16-14(11-13)12-7-5-4-6-8-12;/h11-17,19-29,31-32H,30H2,1-10H3;4-7,9-11H,1-3H3;/q2*-1;. The predicted octanol–water partition coefficient (Wildman–Crippen LogP) is 19.5. The van der Waals surface area contributed by atoms with Gasteiger partial charge in [-0.1, -0.05) is 162 Å². The van der Waals surface area contributed by atoms with Crippen molar-refractivity contribution in [2.45, 2.75) is 119 Å². The number of aromatic nitrogens is 4. The molecule has 0 saturated heterocycles. The Hall–Kier alpha value is -7.18. The Morgan fingerprint density at radius 1 is 0.571 bits per heavy atom. The number of rotatable bonds is 7. The van der Waals surface area contributed by atoms with E-state index in [0.717, 1.165) is 89.8 Å². The molecule has 391 valence electrons. The maximum Gasteiger partial charge on any atom is 0.200 e. The van der Waals surface area contributed by atoms with Gasteiger partial charge in [0.25, 0.3) is 0 Å². The van der Waals surface area contributed by atoms with Crippen LogP contribution in [-0.4, -0.2) is 19.5 Å². The maximum absolute atomic E-state index is 7.01. The minimum atomic E-state index is -0.211. The van der Waals surface area contributed by atoms with Gasteiger partial charge in [-0.05, 0) is 127 Å². The molecule has 4 aromatic heterocycles. The zero-order valence-electron chi connectivity index (χ0n) is 46.7. The monoisotopic (exact) mass is 1190 g/mol. The van der Waals surface area contributed by atoms with Gasteiger partial charge in [-0.15, -0.1) is 54.1 Å². The quantitative estimate of drug-likeness (QED) is 0.149. The third-order valence-corrected chi connectivity index (χ3v) is 14.6. The number of pyridine rings is 1. The van der Waals surface area contributed by atoms with Crippen molar-refractivity contribution in [1.29, 1.82) is 0 Å². The van der Waals surface area contributed by atoms with Gasteiger partial charge in [0.1, 0.15) is 11.1 Å². The summed E-state index contributed by atoms with van der Waals surface area (Å²) in [7, 11) is 0. The molecular weight excluding hydrogens is 1120 g/mol. The van der Waals surface area contributed by atoms with Crippen molar-refractivity contribution in [2.75, 3.05) is 0 Å². The van der Waals surface area contributed by atoms with Crippen LogP contribution in [0.2, 0.25) is 0 Å². The molecule has 0 aliphatic rings. The number of hydrogen-bond acceptors (Lipinski definition) is 5. The third kappa shape index (κ3) is 10.3. The number of fused-ring (bicyclic) bond motifs is 9. The molecule has 0 fully saturated rings. The van der Waals surface area contributed by atoms with Gasteiger partial charge in [-0.3, -0.25) is 4.98 Å². The molecule has 0 aliphatic carbocycles. The van der Waals surface area contributed by atoms with Crippen molar-refractivity contribution in [3.8, 4) is 39.5 Å². The Morgan fingerprint density at radius 2 is 1.29 bits per heavy atom. The Labute approximate surface area is 467 Å². The van der Waals surface area contributed by atoms with Gasteiger partial charge in [0.2, 0.25) is 5.89 Å². The molecule has 0 atom stereocenters. The van der Waals surface area contributed by atoms with E-state index in [0.29, 0.717) is 0 Å². The van der Waals surface area contributed by atoms with Gasteiger partial charge in [-0.2, -0.15) is 0 Å². The second kappa shape index (κ2) is 20.3. The second-order valence-electron chi connectivity index (χ2n) is 24.6. The van der Waals surface area contributed by atoms with Gasteiger partial charge in [0.15, 0.2) is 5.58 Å². The van der Waals surface area contributed by atoms with Crippen molar-refractivity contribution in [3.63, 3.8) is 0 Å². The van der Waals surface area contributed by atoms with E-state index in [4.69, 9.17) is 18.8 Å². The SMILES string of the molecule is CC(C)(C)c1ccnc(-c2[c-]cccc2)c1.CC(C)c1cc(-c2ccccc2)cc(C(C)C)c1-n1c(-c2[c-]ccc3c2oc2cc4c(ccc5oc(C(C)(C)C)nc54)cc23)nc2ccc3ccc(CC(C)(C)C)cc3c21.[Ir]. The van der Waals surface area contributed by atoms with E-state index >= 15 is 0 Å². The maximum atomic E-state index is 7.01. The fourth-order valence-corrected chi connectivity index (χ4v) is 10.7. The molecule has 0 saturated carbocycles. The summed E-state index contributed by atoms with van der Waals surface area (Å²) in [6.07, 6.45) is 2.84. The van der Waals surface area contributed by atoms with E-state index in [1.165, 1.54) is 49.8 Å². The minimum Gasteiger partial charge on any atom is -0.501 e. The topological polar surface area (TPSA) is 69.9 Å². The smallest absolute Gasteiger partial charge is 0.200 e. The summed E-state index contributed by atoms with van der Waals surface area (Å²) >= 11 is 0. The molecule has 7 heteroatoms. The fraction of sp³-hybridized carbons (Fsp3) is 0.271. The van der Waals surface area contributed by atoms with E-state index in [9.17, 15) is 0 Å². The van der Waals surface area contributed by atoms with Gasteiger partial charge < -0.3 is 18.4 Å². The number of imidazole rings is 1. The van der Waals surface area contributed by atoms with Crippen LogP contribution in [-0.2, 0) is 37.4 Å². The van der Waals surface area contributed by atoms with Crippen molar-refractivity contribution in [3.05, 3.63) is 192 Å². The summed E-state index contributed by atoms with van der Waals surface area (Å²) in [5, 5.41) is 6.56. The first-order valence-corrected chi connectivity index (χ1v) is 26.9. The van der Waals surface area contributed by atoms with Crippen molar-refractivity contribution in [2.24, 2.45) is 5.41 Å². The van der Waals surface area contributed by atoms with Crippen LogP contribution in [0.5, 0.6) is 0 Å². The molecule has 0 amide bonds. The van der Waals surface area contributed by atoms with E-state index in [-0.39, 0.29) is 48.2 Å². The largest absolute Gasteiger partial charge is 0.501 e. The molecule has 4 heterocycles. The summed E-state index contributed by atoms with van der Waals surface area (Å²) < 4.78 is 15.7. The Bertz CT molecular complexity index is 4110. The van der Waals surface area contributed by atoms with Crippen molar-refractivity contribution in [1.82, 2.24) is 19.5 Å². The number of nitrogens with zero attached hydrogens (tertiary/aromatic N) is 4. The zero-order valence-corrected chi connectivity index (χ0v) is 49.1. The van der Waals surface area contributed by atoms with Crippen LogP contribution in [0.25, 0.3) is 105 Å². The Balaban J connectivity index is 0.000000339. The zero-order chi connectivity index (χ0) is 53.4. The average Bonchev–Trinajstić information content (AvgIpc) is 4.29. The molecule has 0 unspecified atom stereocenters. The molecule has 12 rings (SSSR count). The van der Waals surface area contributed by atoms with E-state index in [1.54, 1.807) is 0 Å². The number of oxazole rings is 1. The molecule has 0 bridgehead atoms. The second-order valence-corrected chi connectivity index (χ2v) is 24.6. The molecule has 6 nitrogen and oxygen atoms in total. The first-order chi connectivity index (χ1) is 36.2. The summed E-state index contributed by atoms with van der Waals surface area (Å²) in [5.41, 5.74) is 17.0. The summed E-state index contributed by atoms with van der Waals surface area (Å²) in [5.74, 6) is 1.99. The normalized spacial score (nSPS) is 12.4. The summed E-state index contributed by atoms with van der Waals surface area (Å²) in [6.45, 7) is 29.2. The third-order valence-electron chi connectivity index (χ3n) is 14.6. The van der Waals surface area contributed by atoms with Crippen LogP contribution >= 0.6 is 0 Å². The minimum absolute atomic E-state index is 0. The Kier molecular flexibility index (Phi) is 14.0. The first-order valence-electron chi connectivity index (χ1n) is 26.9. The molecule has 8 aromatic carbocycles. The van der Waals surface area contributed by atoms with Crippen LogP contribution in [0.4, 0.5) is 0 Å². The molecule has 0 spiro atoms. The van der Waals surface area contributed by atoms with Gasteiger partial charge >= 0.3 is 0 Å². The van der Waals surface area contributed by atoms with Crippen LogP contribution in [0, 0.1) is 17.5 Å². The van der Waals surface area contributed by atoms with Crippen molar-refractivity contribution < 1.29 is 28.9 Å². The number of benzene rings is 8. The van der Waals surface area contributed by atoms with Crippen LogP contribution in [0.15, 0.2) is 161 Å². The summed E-state index contributed by atoms with van der Waals surface area (Å²) in [4.78, 5) is 15.0. The number of furan rings is 1.